The van der Waals surface area contributed by atoms with Gasteiger partial charge in [-0.05, 0) is 25.8 Å². The van der Waals surface area contributed by atoms with Crippen molar-refractivity contribution >= 4 is 11.9 Å². The molecule has 0 unspecified atom stereocenters. The lowest BCUT2D eigenvalue weighted by Crippen LogP contribution is -2.47. The first-order valence-corrected chi connectivity index (χ1v) is 6.04. The van der Waals surface area contributed by atoms with E-state index < -0.39 is 0 Å². The highest BCUT2D eigenvalue weighted by atomic mass is 16.2. The molecule has 0 radical (unpaired) electrons. The summed E-state index contributed by atoms with van der Waals surface area (Å²) in [7, 11) is 0. The monoisotopic (exact) mass is 225 g/mol. The highest BCUT2D eigenvalue weighted by Crippen LogP contribution is 2.18. The van der Waals surface area contributed by atoms with Crippen LogP contribution in [0.2, 0.25) is 0 Å². The van der Waals surface area contributed by atoms with Crippen LogP contribution < -0.4 is 5.32 Å². The summed E-state index contributed by atoms with van der Waals surface area (Å²) in [6.07, 6.45) is 2.99. The number of carbonyl (C=O) groups is 2. The predicted octanol–water partition coefficient (Wildman–Crippen LogP) is 0.413. The summed E-state index contributed by atoms with van der Waals surface area (Å²) in [5.74, 6) is -0.0704. The van der Waals surface area contributed by atoms with Gasteiger partial charge < -0.3 is 10.2 Å². The number of nitrogens with zero attached hydrogens (tertiary/aromatic N) is 2. The zero-order chi connectivity index (χ0) is 11.5. The van der Waals surface area contributed by atoms with E-state index in [1.54, 1.807) is 0 Å². The van der Waals surface area contributed by atoms with Crippen molar-refractivity contribution in [1.82, 2.24) is 15.1 Å². The van der Waals surface area contributed by atoms with E-state index in [9.17, 15) is 9.59 Å². The summed E-state index contributed by atoms with van der Waals surface area (Å²) in [6, 6.07) is -0.0953. The summed E-state index contributed by atoms with van der Waals surface area (Å²) >= 11 is 0. The number of likely N-dealkylation sites (tertiary alicyclic amines) is 1. The van der Waals surface area contributed by atoms with E-state index in [0.717, 1.165) is 38.9 Å². The third kappa shape index (κ3) is 2.19. The Labute approximate surface area is 95.8 Å². The second kappa shape index (κ2) is 4.82. The lowest BCUT2D eigenvalue weighted by Gasteiger charge is -2.35. The number of carbonyl (C=O) groups excluding carboxylic acids is 2. The van der Waals surface area contributed by atoms with Gasteiger partial charge in [0.25, 0.3) is 0 Å². The normalized spacial score (nSPS) is 23.9. The lowest BCUT2D eigenvalue weighted by molar-refractivity contribution is -0.127. The maximum Gasteiger partial charge on any atom is 0.324 e. The molecule has 5 heteroatoms. The zero-order valence-electron chi connectivity index (χ0n) is 9.74. The Bertz CT molecular complexity index is 269. The molecule has 0 aliphatic carbocycles. The van der Waals surface area contributed by atoms with Gasteiger partial charge >= 0.3 is 6.03 Å². The SMILES string of the molecule is CCCN1CCC(N2C(=O)CNC2=O)CC1. The van der Waals surface area contributed by atoms with Crippen molar-refractivity contribution in [2.75, 3.05) is 26.2 Å². The van der Waals surface area contributed by atoms with Gasteiger partial charge in [-0.2, -0.15) is 0 Å². The average molecular weight is 225 g/mol. The minimum atomic E-state index is -0.209. The molecular weight excluding hydrogens is 206 g/mol. The molecule has 1 N–H and O–H groups in total. The number of hydrogen-bond donors (Lipinski definition) is 1. The molecule has 2 heterocycles. The molecule has 2 aliphatic rings. The molecule has 0 aromatic carbocycles. The molecule has 0 saturated carbocycles. The van der Waals surface area contributed by atoms with Crippen molar-refractivity contribution in [3.8, 4) is 0 Å². The smallest absolute Gasteiger partial charge is 0.324 e. The zero-order valence-corrected chi connectivity index (χ0v) is 9.74. The van der Waals surface area contributed by atoms with Crippen molar-refractivity contribution < 1.29 is 9.59 Å². The maximum absolute atomic E-state index is 11.5. The molecule has 5 nitrogen and oxygen atoms in total. The van der Waals surface area contributed by atoms with E-state index in [-0.39, 0.29) is 24.5 Å². The van der Waals surface area contributed by atoms with E-state index in [1.165, 1.54) is 4.90 Å². The fraction of sp³-hybridized carbons (Fsp3) is 0.818. The van der Waals surface area contributed by atoms with Crippen molar-refractivity contribution in [3.63, 3.8) is 0 Å². The van der Waals surface area contributed by atoms with Crippen molar-refractivity contribution in [2.24, 2.45) is 0 Å². The molecule has 0 aromatic heterocycles. The lowest BCUT2D eigenvalue weighted by atomic mass is 10.0. The van der Waals surface area contributed by atoms with Gasteiger partial charge in [0, 0.05) is 19.1 Å². The van der Waals surface area contributed by atoms with Gasteiger partial charge in [0.1, 0.15) is 0 Å². The summed E-state index contributed by atoms with van der Waals surface area (Å²) < 4.78 is 0. The molecule has 0 spiro atoms. The predicted molar refractivity (Wildman–Crippen MR) is 60.0 cm³/mol. The number of urea groups is 1. The molecule has 0 aromatic rings. The van der Waals surface area contributed by atoms with Gasteiger partial charge in [0.15, 0.2) is 0 Å². The quantitative estimate of drug-likeness (QED) is 0.708. The first-order valence-electron chi connectivity index (χ1n) is 6.04. The number of amides is 3. The van der Waals surface area contributed by atoms with Crippen LogP contribution in [0.5, 0.6) is 0 Å². The van der Waals surface area contributed by atoms with Gasteiger partial charge in [-0.3, -0.25) is 9.69 Å². The standard InChI is InChI=1S/C11H19N3O2/c1-2-5-13-6-3-9(4-7-13)14-10(15)8-12-11(14)16/h9H,2-8H2,1H3,(H,12,16). The van der Waals surface area contributed by atoms with Gasteiger partial charge in [-0.15, -0.1) is 0 Å². The van der Waals surface area contributed by atoms with E-state index in [1.807, 2.05) is 0 Å². The largest absolute Gasteiger partial charge is 0.329 e. The van der Waals surface area contributed by atoms with Crippen LogP contribution in [0.25, 0.3) is 0 Å². The Morgan fingerprint density at radius 3 is 2.50 bits per heavy atom. The minimum absolute atomic E-state index is 0.0704. The van der Waals surface area contributed by atoms with Crippen LogP contribution in [0.3, 0.4) is 0 Å². The van der Waals surface area contributed by atoms with Crippen molar-refractivity contribution in [1.29, 1.82) is 0 Å². The summed E-state index contributed by atoms with van der Waals surface area (Å²) in [5.41, 5.74) is 0. The summed E-state index contributed by atoms with van der Waals surface area (Å²) in [4.78, 5) is 26.8. The van der Waals surface area contributed by atoms with E-state index >= 15 is 0 Å². The third-order valence-electron chi connectivity index (χ3n) is 3.34. The first kappa shape index (κ1) is 11.4. The molecule has 16 heavy (non-hydrogen) atoms. The van der Waals surface area contributed by atoms with Crippen LogP contribution in [-0.4, -0.2) is 54.0 Å². The Kier molecular flexibility index (Phi) is 3.43. The Balaban J connectivity index is 1.88. The Hall–Kier alpha value is -1.10. The fourth-order valence-electron chi connectivity index (χ4n) is 2.52. The molecule has 3 amide bonds. The molecular formula is C11H19N3O2. The van der Waals surface area contributed by atoms with E-state index in [4.69, 9.17) is 0 Å². The average Bonchev–Trinajstić information content (AvgIpc) is 2.61. The van der Waals surface area contributed by atoms with Crippen LogP contribution >= 0.6 is 0 Å². The molecule has 0 atom stereocenters. The van der Waals surface area contributed by atoms with Crippen molar-refractivity contribution in [3.05, 3.63) is 0 Å². The van der Waals surface area contributed by atoms with Crippen LogP contribution in [0.4, 0.5) is 4.79 Å². The highest BCUT2D eigenvalue weighted by molar-refractivity contribution is 6.02. The van der Waals surface area contributed by atoms with Crippen LogP contribution in [-0.2, 0) is 4.79 Å². The number of piperidine rings is 1. The van der Waals surface area contributed by atoms with Crippen molar-refractivity contribution in [2.45, 2.75) is 32.2 Å². The summed E-state index contributed by atoms with van der Waals surface area (Å²) in [6.45, 7) is 5.45. The Morgan fingerprint density at radius 2 is 2.00 bits per heavy atom. The molecule has 0 bridgehead atoms. The number of nitrogens with one attached hydrogen (secondary N) is 1. The fourth-order valence-corrected chi connectivity index (χ4v) is 2.52. The molecule has 2 rings (SSSR count). The third-order valence-corrected chi connectivity index (χ3v) is 3.34. The number of rotatable bonds is 3. The Morgan fingerprint density at radius 1 is 1.31 bits per heavy atom. The highest BCUT2D eigenvalue weighted by Gasteiger charge is 2.36. The maximum atomic E-state index is 11.5. The number of imide groups is 1. The summed E-state index contributed by atoms with van der Waals surface area (Å²) in [5, 5.41) is 2.58. The second-order valence-electron chi connectivity index (χ2n) is 4.50. The molecule has 2 fully saturated rings. The molecule has 2 aliphatic heterocycles. The van der Waals surface area contributed by atoms with Crippen LogP contribution in [0.15, 0.2) is 0 Å². The minimum Gasteiger partial charge on any atom is -0.329 e. The number of hydrogen-bond acceptors (Lipinski definition) is 3. The van der Waals surface area contributed by atoms with E-state index in [2.05, 4.69) is 17.1 Å². The second-order valence-corrected chi connectivity index (χ2v) is 4.50. The topological polar surface area (TPSA) is 52.6 Å². The van der Waals surface area contributed by atoms with Crippen LogP contribution in [0, 0.1) is 0 Å². The van der Waals surface area contributed by atoms with Gasteiger partial charge in [0.05, 0.1) is 6.54 Å². The van der Waals surface area contributed by atoms with E-state index in [0.29, 0.717) is 0 Å². The van der Waals surface area contributed by atoms with Gasteiger partial charge in [-0.1, -0.05) is 6.92 Å². The first-order chi connectivity index (χ1) is 7.72. The molecule has 2 saturated heterocycles. The van der Waals surface area contributed by atoms with Gasteiger partial charge in [-0.25, -0.2) is 4.79 Å². The van der Waals surface area contributed by atoms with Gasteiger partial charge in [0.2, 0.25) is 5.91 Å². The van der Waals surface area contributed by atoms with Crippen LogP contribution in [0.1, 0.15) is 26.2 Å². The molecule has 90 valence electrons.